The Hall–Kier alpha value is -2.09. The monoisotopic (exact) mass is 341 g/mol. The molecule has 1 aromatic heterocycles. The first kappa shape index (κ1) is 17.3. The average molecular weight is 341 g/mol. The van der Waals surface area contributed by atoms with Crippen molar-refractivity contribution in [3.8, 4) is 11.3 Å². The molecule has 0 radical (unpaired) electrons. The highest BCUT2D eigenvalue weighted by Gasteiger charge is 2.33. The topological polar surface area (TPSA) is 46.1 Å². The number of carbonyl (C=O) groups is 1. The van der Waals surface area contributed by atoms with Crippen LogP contribution in [0.25, 0.3) is 11.3 Å². The van der Waals surface area contributed by atoms with E-state index in [0.29, 0.717) is 5.56 Å². The van der Waals surface area contributed by atoms with Gasteiger partial charge in [0, 0.05) is 19.7 Å². The van der Waals surface area contributed by atoms with Gasteiger partial charge in [0.1, 0.15) is 5.69 Å². The van der Waals surface area contributed by atoms with E-state index >= 15 is 0 Å². The molecular weight excluding hydrogens is 327 g/mol. The normalized spacial score (nSPS) is 11.3. The van der Waals surface area contributed by atoms with Crippen molar-refractivity contribution in [1.29, 1.82) is 0 Å². The average Bonchev–Trinajstić information content (AvgIpc) is 2.52. The number of aromatic nitrogens is 2. The summed E-state index contributed by atoms with van der Waals surface area (Å²) in [6.07, 6.45) is -4.58. The van der Waals surface area contributed by atoms with Crippen LogP contribution in [0, 0.1) is 0 Å². The first-order valence-corrected chi connectivity index (χ1v) is 7.60. The minimum atomic E-state index is -4.58. The second-order valence-corrected chi connectivity index (χ2v) is 5.80. The molecule has 1 aromatic carbocycles. The Bertz CT molecular complexity index is 690. The predicted molar refractivity (Wildman–Crippen MR) is 81.9 cm³/mol. The first-order chi connectivity index (χ1) is 10.8. The largest absolute Gasteiger partial charge is 0.433 e. The van der Waals surface area contributed by atoms with Crippen molar-refractivity contribution in [2.75, 3.05) is 19.8 Å². The van der Waals surface area contributed by atoms with Gasteiger partial charge in [-0.05, 0) is 6.07 Å². The van der Waals surface area contributed by atoms with Crippen LogP contribution in [0.15, 0.2) is 41.6 Å². The van der Waals surface area contributed by atoms with Crippen LogP contribution in [-0.2, 0) is 11.0 Å². The molecule has 23 heavy (non-hydrogen) atoms. The third-order valence-corrected chi connectivity index (χ3v) is 3.72. The lowest BCUT2D eigenvalue weighted by atomic mass is 10.1. The maximum absolute atomic E-state index is 13.0. The molecule has 0 aliphatic rings. The second-order valence-electron chi connectivity index (χ2n) is 4.86. The van der Waals surface area contributed by atoms with Gasteiger partial charge in [-0.1, -0.05) is 42.1 Å². The Labute approximate surface area is 135 Å². The van der Waals surface area contributed by atoms with Crippen molar-refractivity contribution >= 4 is 17.7 Å². The number of hydrogen-bond acceptors (Lipinski definition) is 4. The summed E-state index contributed by atoms with van der Waals surface area (Å²) in [4.78, 5) is 20.6. The van der Waals surface area contributed by atoms with E-state index in [9.17, 15) is 18.0 Å². The predicted octanol–water partition coefficient (Wildman–Crippen LogP) is 3.34. The van der Waals surface area contributed by atoms with E-state index < -0.39 is 11.9 Å². The molecular formula is C15H14F3N3OS. The maximum Gasteiger partial charge on any atom is 0.433 e. The number of hydrogen-bond donors (Lipinski definition) is 0. The zero-order chi connectivity index (χ0) is 17.0. The lowest BCUT2D eigenvalue weighted by molar-refractivity contribution is -0.141. The van der Waals surface area contributed by atoms with E-state index in [0.717, 1.165) is 17.8 Å². The van der Waals surface area contributed by atoms with E-state index in [2.05, 4.69) is 9.97 Å². The summed E-state index contributed by atoms with van der Waals surface area (Å²) < 4.78 is 39.0. The van der Waals surface area contributed by atoms with Crippen molar-refractivity contribution in [1.82, 2.24) is 14.9 Å². The van der Waals surface area contributed by atoms with Crippen molar-refractivity contribution in [3.63, 3.8) is 0 Å². The molecule has 0 aliphatic heterocycles. The number of amides is 1. The molecule has 1 heterocycles. The molecule has 0 bridgehead atoms. The number of halogens is 3. The Morgan fingerprint density at radius 3 is 2.39 bits per heavy atom. The SMILES string of the molecule is CN(C)C(=O)CSc1nc(-c2ccccc2)cc(C(F)(F)F)n1. The number of rotatable bonds is 4. The fourth-order valence-corrected chi connectivity index (χ4v) is 2.48. The van der Waals surface area contributed by atoms with Crippen LogP contribution < -0.4 is 0 Å². The van der Waals surface area contributed by atoms with Gasteiger partial charge in [0.25, 0.3) is 0 Å². The fraction of sp³-hybridized carbons (Fsp3) is 0.267. The highest BCUT2D eigenvalue weighted by molar-refractivity contribution is 7.99. The van der Waals surface area contributed by atoms with Crippen LogP contribution in [0.5, 0.6) is 0 Å². The number of carbonyl (C=O) groups excluding carboxylic acids is 1. The number of nitrogens with zero attached hydrogens (tertiary/aromatic N) is 3. The van der Waals surface area contributed by atoms with Crippen LogP contribution in [-0.4, -0.2) is 40.6 Å². The van der Waals surface area contributed by atoms with Gasteiger partial charge < -0.3 is 4.90 Å². The Kier molecular flexibility index (Phi) is 5.25. The minimum absolute atomic E-state index is 0.0253. The molecule has 1 amide bonds. The van der Waals surface area contributed by atoms with Gasteiger partial charge in [-0.2, -0.15) is 13.2 Å². The molecule has 0 aliphatic carbocycles. The van der Waals surface area contributed by atoms with Gasteiger partial charge in [-0.3, -0.25) is 4.79 Å². The molecule has 4 nitrogen and oxygen atoms in total. The molecule has 0 fully saturated rings. The molecule has 0 N–H and O–H groups in total. The quantitative estimate of drug-likeness (QED) is 0.632. The molecule has 0 saturated carbocycles. The zero-order valence-corrected chi connectivity index (χ0v) is 13.3. The fourth-order valence-electron chi connectivity index (χ4n) is 1.65. The van der Waals surface area contributed by atoms with Crippen molar-refractivity contribution < 1.29 is 18.0 Å². The van der Waals surface area contributed by atoms with Crippen molar-refractivity contribution in [2.45, 2.75) is 11.3 Å². The van der Waals surface area contributed by atoms with Gasteiger partial charge in [-0.25, -0.2) is 9.97 Å². The van der Waals surface area contributed by atoms with E-state index in [-0.39, 0.29) is 22.5 Å². The number of benzene rings is 1. The highest BCUT2D eigenvalue weighted by Crippen LogP contribution is 2.31. The number of alkyl halides is 3. The van der Waals surface area contributed by atoms with Gasteiger partial charge in [0.05, 0.1) is 11.4 Å². The van der Waals surface area contributed by atoms with Crippen molar-refractivity contribution in [2.24, 2.45) is 0 Å². The van der Waals surface area contributed by atoms with Crippen LogP contribution in [0.2, 0.25) is 0 Å². The summed E-state index contributed by atoms with van der Waals surface area (Å²) in [6, 6.07) is 9.44. The smallest absolute Gasteiger partial charge is 0.348 e. The highest BCUT2D eigenvalue weighted by atomic mass is 32.2. The standard InChI is InChI=1S/C15H14F3N3OS/c1-21(2)13(22)9-23-14-19-11(10-6-4-3-5-7-10)8-12(20-14)15(16,17)18/h3-8H,9H2,1-2H3. The second kappa shape index (κ2) is 6.99. The Balaban J connectivity index is 2.36. The minimum Gasteiger partial charge on any atom is -0.348 e. The first-order valence-electron chi connectivity index (χ1n) is 6.62. The molecule has 2 rings (SSSR count). The lowest BCUT2D eigenvalue weighted by Gasteiger charge is -2.12. The van der Waals surface area contributed by atoms with Crippen LogP contribution >= 0.6 is 11.8 Å². The van der Waals surface area contributed by atoms with E-state index in [1.165, 1.54) is 4.90 Å². The molecule has 2 aromatic rings. The molecule has 0 saturated heterocycles. The molecule has 122 valence electrons. The van der Waals surface area contributed by atoms with Gasteiger partial charge in [0.2, 0.25) is 5.91 Å². The van der Waals surface area contributed by atoms with Crippen LogP contribution in [0.3, 0.4) is 0 Å². The summed E-state index contributed by atoms with van der Waals surface area (Å²) in [5.74, 6) is -0.250. The number of thioether (sulfide) groups is 1. The lowest BCUT2D eigenvalue weighted by Crippen LogP contribution is -2.23. The zero-order valence-electron chi connectivity index (χ0n) is 12.5. The van der Waals surface area contributed by atoms with Crippen molar-refractivity contribution in [3.05, 3.63) is 42.1 Å². The molecule has 8 heteroatoms. The molecule has 0 unspecified atom stereocenters. The van der Waals surface area contributed by atoms with Crippen LogP contribution in [0.4, 0.5) is 13.2 Å². The summed E-state index contributed by atoms with van der Waals surface area (Å²) in [5.41, 5.74) is -0.292. The molecule has 0 atom stereocenters. The summed E-state index contributed by atoms with van der Waals surface area (Å²) in [6.45, 7) is 0. The maximum atomic E-state index is 13.0. The van der Waals surface area contributed by atoms with Gasteiger partial charge in [-0.15, -0.1) is 0 Å². The van der Waals surface area contributed by atoms with E-state index in [1.54, 1.807) is 44.4 Å². The van der Waals surface area contributed by atoms with E-state index in [4.69, 9.17) is 0 Å². The Morgan fingerprint density at radius 1 is 1.17 bits per heavy atom. The summed E-state index contributed by atoms with van der Waals surface area (Å²) in [7, 11) is 3.15. The summed E-state index contributed by atoms with van der Waals surface area (Å²) in [5, 5.41) is -0.0751. The molecule has 0 spiro atoms. The third kappa shape index (κ3) is 4.69. The van der Waals surface area contributed by atoms with E-state index in [1.807, 2.05) is 0 Å². The Morgan fingerprint density at radius 2 is 1.83 bits per heavy atom. The van der Waals surface area contributed by atoms with Crippen LogP contribution in [0.1, 0.15) is 5.69 Å². The van der Waals surface area contributed by atoms with Gasteiger partial charge >= 0.3 is 6.18 Å². The summed E-state index contributed by atoms with van der Waals surface area (Å²) >= 11 is 0.883. The third-order valence-electron chi connectivity index (χ3n) is 2.89. The van der Waals surface area contributed by atoms with Gasteiger partial charge in [0.15, 0.2) is 5.16 Å².